The first kappa shape index (κ1) is 18.6. The molecule has 0 saturated heterocycles. The lowest BCUT2D eigenvalue weighted by Gasteiger charge is -2.27. The van der Waals surface area contributed by atoms with Crippen molar-refractivity contribution in [2.75, 3.05) is 6.61 Å². The maximum atomic E-state index is 13.4. The number of hydrogen-bond acceptors (Lipinski definition) is 4. The molecule has 28 heavy (non-hydrogen) atoms. The van der Waals surface area contributed by atoms with E-state index in [0.717, 1.165) is 44.2 Å². The number of hydrogen-bond donors (Lipinski definition) is 0. The van der Waals surface area contributed by atoms with E-state index in [-0.39, 0.29) is 24.4 Å². The summed E-state index contributed by atoms with van der Waals surface area (Å²) in [5, 5.41) is 0.650. The van der Waals surface area contributed by atoms with Crippen molar-refractivity contribution in [1.29, 1.82) is 0 Å². The van der Waals surface area contributed by atoms with Crippen LogP contribution in [0, 0.1) is 12.7 Å². The molecule has 1 aromatic heterocycles. The average molecular weight is 382 g/mol. The number of pyridine rings is 1. The summed E-state index contributed by atoms with van der Waals surface area (Å²) in [4.78, 5) is 31.4. The number of carbonyl (C=O) groups is 2. The second-order valence-electron chi connectivity index (χ2n) is 7.47. The number of carbonyl (C=O) groups excluding carboxylic acids is 2. The quantitative estimate of drug-likeness (QED) is 0.724. The van der Waals surface area contributed by atoms with Crippen LogP contribution in [0.1, 0.15) is 54.6 Å². The van der Waals surface area contributed by atoms with Crippen LogP contribution in [0.5, 0.6) is 0 Å². The molecule has 2 aliphatic carbocycles. The van der Waals surface area contributed by atoms with Gasteiger partial charge >= 0.3 is 5.97 Å². The maximum absolute atomic E-state index is 13.4. The van der Waals surface area contributed by atoms with E-state index in [1.54, 1.807) is 19.1 Å². The van der Waals surface area contributed by atoms with Crippen LogP contribution in [-0.4, -0.2) is 34.4 Å². The Labute approximate surface area is 163 Å². The number of ether oxygens (including phenoxy) is 1. The summed E-state index contributed by atoms with van der Waals surface area (Å²) < 4.78 is 18.7. The predicted octanol–water partition coefficient (Wildman–Crippen LogP) is 4.29. The summed E-state index contributed by atoms with van der Waals surface area (Å²) in [6.07, 6.45) is 8.28. The van der Waals surface area contributed by atoms with Crippen molar-refractivity contribution in [3.05, 3.63) is 53.1 Å². The van der Waals surface area contributed by atoms with Crippen LogP contribution in [0.15, 0.2) is 36.0 Å². The Balaban J connectivity index is 1.47. The number of nitrogens with zero attached hydrogens (tertiary/aromatic N) is 2. The first-order chi connectivity index (χ1) is 13.5. The molecule has 6 heteroatoms. The molecule has 0 aliphatic heterocycles. The molecular weight excluding hydrogens is 359 g/mol. The summed E-state index contributed by atoms with van der Waals surface area (Å²) in [6.45, 7) is 1.39. The zero-order valence-electron chi connectivity index (χ0n) is 15.9. The van der Waals surface area contributed by atoms with Gasteiger partial charge in [-0.2, -0.15) is 0 Å². The summed E-state index contributed by atoms with van der Waals surface area (Å²) in [7, 11) is 0. The van der Waals surface area contributed by atoms with Crippen molar-refractivity contribution in [3.63, 3.8) is 0 Å². The lowest BCUT2D eigenvalue weighted by molar-refractivity contribution is -0.133. The number of fused-ring (bicyclic) bond motifs is 1. The Morgan fingerprint density at radius 3 is 2.79 bits per heavy atom. The van der Waals surface area contributed by atoms with Gasteiger partial charge in [0.2, 0.25) is 0 Å². The van der Waals surface area contributed by atoms with Crippen molar-refractivity contribution in [1.82, 2.24) is 9.88 Å². The van der Waals surface area contributed by atoms with E-state index in [2.05, 4.69) is 11.1 Å². The highest BCUT2D eigenvalue weighted by Crippen LogP contribution is 2.33. The molecule has 0 radical (unpaired) electrons. The minimum absolute atomic E-state index is 0.169. The number of benzene rings is 1. The summed E-state index contributed by atoms with van der Waals surface area (Å²) in [6, 6.07) is 6.10. The molecule has 1 fully saturated rings. The fourth-order valence-corrected chi connectivity index (χ4v) is 3.69. The number of esters is 1. The van der Waals surface area contributed by atoms with Crippen LogP contribution in [0.3, 0.4) is 0 Å². The largest absolute Gasteiger partial charge is 0.452 e. The minimum Gasteiger partial charge on any atom is -0.452 e. The number of aromatic nitrogens is 1. The van der Waals surface area contributed by atoms with E-state index >= 15 is 0 Å². The normalized spacial score (nSPS) is 16.6. The molecule has 1 amide bonds. The van der Waals surface area contributed by atoms with Gasteiger partial charge < -0.3 is 9.64 Å². The standard InChI is InChI=1S/C22H23FN2O3/c1-14-19(11-15-7-8-16(23)12-20(15)24-14)22(27)28-13-21(26)25(18-9-10-18)17-5-3-2-4-6-17/h5,7-8,11-12,18H,2-4,6,9-10,13H2,1H3. The van der Waals surface area contributed by atoms with Gasteiger partial charge in [0.05, 0.1) is 16.8 Å². The molecule has 0 N–H and O–H groups in total. The summed E-state index contributed by atoms with van der Waals surface area (Å²) in [5.74, 6) is -1.13. The lowest BCUT2D eigenvalue weighted by atomic mass is 10.0. The highest BCUT2D eigenvalue weighted by Gasteiger charge is 2.35. The molecule has 1 aromatic carbocycles. The van der Waals surface area contributed by atoms with Crippen molar-refractivity contribution >= 4 is 22.8 Å². The highest BCUT2D eigenvalue weighted by molar-refractivity contribution is 5.96. The van der Waals surface area contributed by atoms with Gasteiger partial charge in [-0.1, -0.05) is 6.08 Å². The molecule has 146 valence electrons. The molecule has 0 spiro atoms. The zero-order chi connectivity index (χ0) is 19.7. The monoisotopic (exact) mass is 382 g/mol. The first-order valence-electron chi connectivity index (χ1n) is 9.78. The van der Waals surface area contributed by atoms with Crippen molar-refractivity contribution < 1.29 is 18.7 Å². The summed E-state index contributed by atoms with van der Waals surface area (Å²) in [5.41, 5.74) is 2.29. The van der Waals surface area contributed by atoms with Crippen LogP contribution in [0.4, 0.5) is 4.39 Å². The molecule has 4 rings (SSSR count). The first-order valence-corrected chi connectivity index (χ1v) is 9.78. The molecular formula is C22H23FN2O3. The Kier molecular flexibility index (Phi) is 5.11. The van der Waals surface area contributed by atoms with E-state index in [0.29, 0.717) is 22.2 Å². The fourth-order valence-electron chi connectivity index (χ4n) is 3.69. The number of allylic oxidation sites excluding steroid dienone is 2. The molecule has 5 nitrogen and oxygen atoms in total. The molecule has 0 unspecified atom stereocenters. The third-order valence-corrected chi connectivity index (χ3v) is 5.27. The second kappa shape index (κ2) is 7.70. The summed E-state index contributed by atoms with van der Waals surface area (Å²) >= 11 is 0. The van der Waals surface area contributed by atoms with E-state index in [1.807, 2.05) is 4.90 Å². The van der Waals surface area contributed by atoms with Gasteiger partial charge in [0, 0.05) is 23.2 Å². The molecule has 2 aromatic rings. The second-order valence-corrected chi connectivity index (χ2v) is 7.47. The van der Waals surface area contributed by atoms with E-state index in [4.69, 9.17) is 4.74 Å². The Morgan fingerprint density at radius 1 is 1.25 bits per heavy atom. The van der Waals surface area contributed by atoms with Gasteiger partial charge in [-0.15, -0.1) is 0 Å². The fraction of sp³-hybridized carbons (Fsp3) is 0.409. The zero-order valence-corrected chi connectivity index (χ0v) is 15.9. The molecule has 1 saturated carbocycles. The third kappa shape index (κ3) is 3.91. The lowest BCUT2D eigenvalue weighted by Crippen LogP contribution is -2.36. The van der Waals surface area contributed by atoms with Crippen molar-refractivity contribution in [2.24, 2.45) is 0 Å². The Hall–Kier alpha value is -2.76. The van der Waals surface area contributed by atoms with Gasteiger partial charge in [0.15, 0.2) is 6.61 Å². The number of aryl methyl sites for hydroxylation is 1. The van der Waals surface area contributed by atoms with Crippen LogP contribution >= 0.6 is 0 Å². The topological polar surface area (TPSA) is 59.5 Å². The minimum atomic E-state index is -0.585. The molecule has 2 aliphatic rings. The molecule has 0 bridgehead atoms. The SMILES string of the molecule is Cc1nc2cc(F)ccc2cc1C(=O)OCC(=O)N(C1=CCCCC1)C1CC1. The smallest absolute Gasteiger partial charge is 0.340 e. The van der Waals surface area contributed by atoms with Crippen molar-refractivity contribution in [2.45, 2.75) is 51.5 Å². The molecule has 0 atom stereocenters. The van der Waals surface area contributed by atoms with Crippen LogP contribution in [-0.2, 0) is 9.53 Å². The van der Waals surface area contributed by atoms with Crippen LogP contribution in [0.2, 0.25) is 0 Å². The van der Waals surface area contributed by atoms with E-state index in [9.17, 15) is 14.0 Å². The van der Waals surface area contributed by atoms with Gasteiger partial charge in [0.1, 0.15) is 5.82 Å². The predicted molar refractivity (Wildman–Crippen MR) is 103 cm³/mol. The highest BCUT2D eigenvalue weighted by atomic mass is 19.1. The van der Waals surface area contributed by atoms with E-state index in [1.165, 1.54) is 12.1 Å². The average Bonchev–Trinajstić information content (AvgIpc) is 3.51. The number of halogens is 1. The van der Waals surface area contributed by atoms with E-state index < -0.39 is 5.97 Å². The number of amides is 1. The number of rotatable bonds is 5. The Morgan fingerprint density at radius 2 is 2.07 bits per heavy atom. The van der Waals surface area contributed by atoms with Crippen LogP contribution in [0.25, 0.3) is 10.9 Å². The van der Waals surface area contributed by atoms with Crippen LogP contribution < -0.4 is 0 Å². The van der Waals surface area contributed by atoms with Gasteiger partial charge in [0.25, 0.3) is 5.91 Å². The third-order valence-electron chi connectivity index (χ3n) is 5.27. The van der Waals surface area contributed by atoms with Crippen molar-refractivity contribution in [3.8, 4) is 0 Å². The maximum Gasteiger partial charge on any atom is 0.340 e. The van der Waals surface area contributed by atoms with Gasteiger partial charge in [-0.05, 0) is 63.6 Å². The Bertz CT molecular complexity index is 966. The van der Waals surface area contributed by atoms with Gasteiger partial charge in [-0.25, -0.2) is 9.18 Å². The van der Waals surface area contributed by atoms with Gasteiger partial charge in [-0.3, -0.25) is 9.78 Å². The molecule has 1 heterocycles.